The predicted octanol–water partition coefficient (Wildman–Crippen LogP) is 0.844. The van der Waals surface area contributed by atoms with E-state index in [2.05, 4.69) is 4.72 Å². The van der Waals surface area contributed by atoms with Gasteiger partial charge < -0.3 is 10.8 Å². The Morgan fingerprint density at radius 2 is 1.95 bits per heavy atom. The van der Waals surface area contributed by atoms with Crippen LogP contribution in [-0.2, 0) is 10.0 Å². The molecule has 108 valence electrons. The standard InChI is InChI=1S/C11H16F2N2O3S/c1-11(2,6-16)5-15-19(17,18)9-4-7(14)3-8(12)10(9)13/h3-4,15-16H,5-6,14H2,1-2H3. The number of anilines is 1. The Bertz CT molecular complexity index is 574. The van der Waals surface area contributed by atoms with Gasteiger partial charge in [-0.3, -0.25) is 0 Å². The van der Waals surface area contributed by atoms with Crippen LogP contribution in [0.3, 0.4) is 0 Å². The summed E-state index contributed by atoms with van der Waals surface area (Å²) in [5.41, 5.74) is 4.38. The molecule has 5 nitrogen and oxygen atoms in total. The van der Waals surface area contributed by atoms with Crippen molar-refractivity contribution in [2.75, 3.05) is 18.9 Å². The van der Waals surface area contributed by atoms with Crippen LogP contribution in [0.4, 0.5) is 14.5 Å². The number of hydrogen-bond acceptors (Lipinski definition) is 4. The van der Waals surface area contributed by atoms with Gasteiger partial charge in [0.15, 0.2) is 11.6 Å². The number of aliphatic hydroxyl groups is 1. The van der Waals surface area contributed by atoms with Crippen molar-refractivity contribution in [3.63, 3.8) is 0 Å². The Kier molecular flexibility index (Phi) is 4.49. The van der Waals surface area contributed by atoms with Crippen molar-refractivity contribution in [2.24, 2.45) is 5.41 Å². The highest BCUT2D eigenvalue weighted by molar-refractivity contribution is 7.89. The molecule has 0 aromatic heterocycles. The molecule has 0 spiro atoms. The Morgan fingerprint density at radius 1 is 1.37 bits per heavy atom. The number of rotatable bonds is 5. The Hall–Kier alpha value is -1.25. The minimum Gasteiger partial charge on any atom is -0.399 e. The number of halogens is 2. The third-order valence-electron chi connectivity index (χ3n) is 2.48. The lowest BCUT2D eigenvalue weighted by Gasteiger charge is -2.21. The maximum Gasteiger partial charge on any atom is 0.243 e. The first-order valence-corrected chi connectivity index (χ1v) is 6.92. The number of sulfonamides is 1. The van der Waals surface area contributed by atoms with E-state index in [1.54, 1.807) is 13.8 Å². The Labute approximate surface area is 110 Å². The summed E-state index contributed by atoms with van der Waals surface area (Å²) in [6, 6.07) is 1.54. The minimum atomic E-state index is -4.24. The van der Waals surface area contributed by atoms with Crippen LogP contribution >= 0.6 is 0 Å². The average molecular weight is 294 g/mol. The Morgan fingerprint density at radius 3 is 2.47 bits per heavy atom. The second kappa shape index (κ2) is 5.40. The zero-order valence-electron chi connectivity index (χ0n) is 10.6. The molecular weight excluding hydrogens is 278 g/mol. The van der Waals surface area contributed by atoms with Crippen molar-refractivity contribution in [1.29, 1.82) is 0 Å². The van der Waals surface area contributed by atoms with Crippen LogP contribution < -0.4 is 10.5 Å². The fourth-order valence-electron chi connectivity index (χ4n) is 1.20. The van der Waals surface area contributed by atoms with Crippen molar-refractivity contribution in [1.82, 2.24) is 4.72 Å². The fraction of sp³-hybridized carbons (Fsp3) is 0.455. The first kappa shape index (κ1) is 15.8. The molecular formula is C11H16F2N2O3S. The molecule has 0 aliphatic carbocycles. The SMILES string of the molecule is CC(C)(CO)CNS(=O)(=O)c1cc(N)cc(F)c1F. The van der Waals surface area contributed by atoms with Crippen LogP contribution in [0.2, 0.25) is 0 Å². The summed E-state index contributed by atoms with van der Waals surface area (Å²) in [4.78, 5) is -0.848. The number of benzene rings is 1. The van der Waals surface area contributed by atoms with E-state index in [1.165, 1.54) is 0 Å². The second-order valence-electron chi connectivity index (χ2n) is 4.96. The van der Waals surface area contributed by atoms with E-state index >= 15 is 0 Å². The van der Waals surface area contributed by atoms with Crippen molar-refractivity contribution in [3.05, 3.63) is 23.8 Å². The second-order valence-corrected chi connectivity index (χ2v) is 6.70. The van der Waals surface area contributed by atoms with Crippen LogP contribution in [0, 0.1) is 17.0 Å². The number of nitrogens with two attached hydrogens (primary N) is 1. The van der Waals surface area contributed by atoms with Crippen LogP contribution in [0.15, 0.2) is 17.0 Å². The zero-order valence-corrected chi connectivity index (χ0v) is 11.4. The van der Waals surface area contributed by atoms with Crippen molar-refractivity contribution in [2.45, 2.75) is 18.7 Å². The smallest absolute Gasteiger partial charge is 0.243 e. The van der Waals surface area contributed by atoms with Crippen molar-refractivity contribution < 1.29 is 22.3 Å². The highest BCUT2D eigenvalue weighted by Gasteiger charge is 2.25. The number of aliphatic hydroxyl groups excluding tert-OH is 1. The summed E-state index contributed by atoms with van der Waals surface area (Å²) in [5.74, 6) is -2.81. The summed E-state index contributed by atoms with van der Waals surface area (Å²) in [5, 5.41) is 9.02. The molecule has 0 saturated carbocycles. The Balaban J connectivity index is 3.08. The monoisotopic (exact) mass is 294 g/mol. The van der Waals surface area contributed by atoms with Gasteiger partial charge in [0.05, 0.1) is 0 Å². The average Bonchev–Trinajstić information content (AvgIpc) is 2.31. The fourth-order valence-corrected chi connectivity index (χ4v) is 2.56. The minimum absolute atomic E-state index is 0.123. The zero-order chi connectivity index (χ0) is 14.8. The summed E-state index contributed by atoms with van der Waals surface area (Å²) < 4.78 is 52.4. The van der Waals surface area contributed by atoms with Crippen LogP contribution in [0.1, 0.15) is 13.8 Å². The maximum absolute atomic E-state index is 13.5. The van der Waals surface area contributed by atoms with Gasteiger partial charge in [0.1, 0.15) is 4.90 Å². The summed E-state index contributed by atoms with van der Waals surface area (Å²) in [6.07, 6.45) is 0. The van der Waals surface area contributed by atoms with E-state index in [-0.39, 0.29) is 18.8 Å². The molecule has 0 aliphatic heterocycles. The van der Waals surface area contributed by atoms with Gasteiger partial charge in [0, 0.05) is 24.3 Å². The molecule has 1 aromatic carbocycles. The predicted molar refractivity (Wildman–Crippen MR) is 66.8 cm³/mol. The van der Waals surface area contributed by atoms with Crippen LogP contribution in [-0.4, -0.2) is 26.7 Å². The topological polar surface area (TPSA) is 92.4 Å². The van der Waals surface area contributed by atoms with Gasteiger partial charge in [-0.2, -0.15) is 0 Å². The lowest BCUT2D eigenvalue weighted by atomic mass is 9.96. The lowest BCUT2D eigenvalue weighted by molar-refractivity contribution is 0.163. The number of nitrogen functional groups attached to an aromatic ring is 1. The van der Waals surface area contributed by atoms with Crippen LogP contribution in [0.25, 0.3) is 0 Å². The van der Waals surface area contributed by atoms with Gasteiger partial charge >= 0.3 is 0 Å². The molecule has 0 unspecified atom stereocenters. The first-order valence-electron chi connectivity index (χ1n) is 5.44. The molecule has 0 radical (unpaired) electrons. The number of hydrogen-bond donors (Lipinski definition) is 3. The third-order valence-corrected chi connectivity index (χ3v) is 3.88. The van der Waals surface area contributed by atoms with E-state index in [9.17, 15) is 17.2 Å². The van der Waals surface area contributed by atoms with Gasteiger partial charge in [-0.1, -0.05) is 13.8 Å². The number of nitrogens with one attached hydrogen (secondary N) is 1. The molecule has 0 heterocycles. The molecule has 0 saturated heterocycles. The highest BCUT2D eigenvalue weighted by atomic mass is 32.2. The third kappa shape index (κ3) is 3.85. The molecule has 1 aromatic rings. The molecule has 1 rings (SSSR count). The van der Waals surface area contributed by atoms with Crippen molar-refractivity contribution in [3.8, 4) is 0 Å². The van der Waals surface area contributed by atoms with E-state index < -0.39 is 32.0 Å². The first-order chi connectivity index (χ1) is 8.59. The molecule has 0 bridgehead atoms. The summed E-state index contributed by atoms with van der Waals surface area (Å²) in [6.45, 7) is 2.85. The summed E-state index contributed by atoms with van der Waals surface area (Å²) >= 11 is 0. The largest absolute Gasteiger partial charge is 0.399 e. The quantitative estimate of drug-likeness (QED) is 0.702. The van der Waals surface area contributed by atoms with E-state index in [4.69, 9.17) is 10.8 Å². The van der Waals surface area contributed by atoms with E-state index in [1.807, 2.05) is 0 Å². The maximum atomic E-state index is 13.5. The van der Waals surface area contributed by atoms with Gasteiger partial charge in [0.25, 0.3) is 0 Å². The lowest BCUT2D eigenvalue weighted by Crippen LogP contribution is -2.36. The van der Waals surface area contributed by atoms with Crippen molar-refractivity contribution >= 4 is 15.7 Å². The molecule has 8 heteroatoms. The highest BCUT2D eigenvalue weighted by Crippen LogP contribution is 2.22. The van der Waals surface area contributed by atoms with Gasteiger partial charge in [-0.25, -0.2) is 21.9 Å². The van der Waals surface area contributed by atoms with E-state index in [0.717, 1.165) is 6.07 Å². The molecule has 19 heavy (non-hydrogen) atoms. The van der Waals surface area contributed by atoms with E-state index in [0.29, 0.717) is 6.07 Å². The van der Waals surface area contributed by atoms with Crippen LogP contribution in [0.5, 0.6) is 0 Å². The van der Waals surface area contributed by atoms with Gasteiger partial charge in [0.2, 0.25) is 10.0 Å². The molecule has 0 amide bonds. The molecule has 0 fully saturated rings. The van der Waals surface area contributed by atoms with Gasteiger partial charge in [-0.05, 0) is 12.1 Å². The summed E-state index contributed by atoms with van der Waals surface area (Å²) in [7, 11) is -4.24. The molecule has 4 N–H and O–H groups in total. The normalized spacial score (nSPS) is 12.7. The van der Waals surface area contributed by atoms with Gasteiger partial charge in [-0.15, -0.1) is 0 Å². The molecule has 0 atom stereocenters. The molecule has 0 aliphatic rings.